The summed E-state index contributed by atoms with van der Waals surface area (Å²) in [4.78, 5) is 26.7. The van der Waals surface area contributed by atoms with E-state index in [1.165, 1.54) is 4.90 Å². The number of anilines is 1. The van der Waals surface area contributed by atoms with Crippen LogP contribution < -0.4 is 4.90 Å². The van der Waals surface area contributed by atoms with Gasteiger partial charge in [-0.15, -0.1) is 0 Å². The second-order valence-electron chi connectivity index (χ2n) is 7.11. The SMILES string of the molecule is Cc1cc(C)cc(C(=O)OCC(=O)N(c2ccccc2)[C@H]2CCS(=O)(=O)C2)c1. The zero-order chi connectivity index (χ0) is 20.3. The van der Waals surface area contributed by atoms with Gasteiger partial charge in [0.2, 0.25) is 0 Å². The summed E-state index contributed by atoms with van der Waals surface area (Å²) in [5.41, 5.74) is 2.85. The third-order valence-corrected chi connectivity index (χ3v) is 6.41. The predicted molar refractivity (Wildman–Crippen MR) is 107 cm³/mol. The van der Waals surface area contributed by atoms with Gasteiger partial charge in [-0.3, -0.25) is 4.79 Å². The summed E-state index contributed by atoms with van der Waals surface area (Å²) in [5.74, 6) is -1.05. The highest BCUT2D eigenvalue weighted by Crippen LogP contribution is 2.24. The monoisotopic (exact) mass is 401 g/mol. The molecule has 0 N–H and O–H groups in total. The number of carbonyl (C=O) groups excluding carboxylic acids is 2. The maximum atomic E-state index is 12.9. The normalized spacial score (nSPS) is 17.9. The van der Waals surface area contributed by atoms with Gasteiger partial charge < -0.3 is 9.64 Å². The second-order valence-corrected chi connectivity index (χ2v) is 9.34. The predicted octanol–water partition coefficient (Wildman–Crippen LogP) is 2.68. The fraction of sp³-hybridized carbons (Fsp3) is 0.333. The number of sulfone groups is 1. The van der Waals surface area contributed by atoms with Crippen molar-refractivity contribution in [3.05, 3.63) is 65.2 Å². The van der Waals surface area contributed by atoms with Crippen LogP contribution in [0.4, 0.5) is 5.69 Å². The minimum Gasteiger partial charge on any atom is -0.452 e. The average molecular weight is 401 g/mol. The molecular weight excluding hydrogens is 378 g/mol. The van der Waals surface area contributed by atoms with Gasteiger partial charge in [-0.2, -0.15) is 0 Å². The number of carbonyl (C=O) groups is 2. The molecule has 1 aliphatic rings. The highest BCUT2D eigenvalue weighted by molar-refractivity contribution is 7.91. The number of esters is 1. The molecule has 2 aromatic carbocycles. The van der Waals surface area contributed by atoms with Crippen LogP contribution >= 0.6 is 0 Å². The summed E-state index contributed by atoms with van der Waals surface area (Å²) >= 11 is 0. The molecule has 7 heteroatoms. The molecule has 0 aromatic heterocycles. The Morgan fingerprint density at radius 1 is 1.07 bits per heavy atom. The lowest BCUT2D eigenvalue weighted by Crippen LogP contribution is -2.43. The fourth-order valence-corrected chi connectivity index (χ4v) is 5.20. The number of rotatable bonds is 5. The Bertz CT molecular complexity index is 965. The summed E-state index contributed by atoms with van der Waals surface area (Å²) in [7, 11) is -3.17. The second kappa shape index (κ2) is 8.14. The van der Waals surface area contributed by atoms with Crippen LogP contribution in [0.15, 0.2) is 48.5 Å². The number of hydrogen-bond donors (Lipinski definition) is 0. The number of aryl methyl sites for hydroxylation is 2. The summed E-state index contributed by atoms with van der Waals surface area (Å²) < 4.78 is 29.0. The van der Waals surface area contributed by atoms with Crippen molar-refractivity contribution in [1.82, 2.24) is 0 Å². The molecular formula is C21H23NO5S. The molecule has 1 aliphatic heterocycles. The van der Waals surface area contributed by atoms with E-state index in [2.05, 4.69) is 0 Å². The molecule has 0 aliphatic carbocycles. The lowest BCUT2D eigenvalue weighted by Gasteiger charge is -2.28. The van der Waals surface area contributed by atoms with Crippen molar-refractivity contribution >= 4 is 27.4 Å². The van der Waals surface area contributed by atoms with Crippen LogP contribution in [-0.2, 0) is 19.4 Å². The van der Waals surface area contributed by atoms with E-state index in [9.17, 15) is 18.0 Å². The molecule has 1 fully saturated rings. The smallest absolute Gasteiger partial charge is 0.338 e. The Balaban J connectivity index is 1.75. The molecule has 1 saturated heterocycles. The molecule has 1 amide bonds. The lowest BCUT2D eigenvalue weighted by atomic mass is 10.1. The molecule has 0 unspecified atom stereocenters. The molecule has 0 spiro atoms. The summed E-state index contributed by atoms with van der Waals surface area (Å²) in [6, 6.07) is 13.8. The molecule has 6 nitrogen and oxygen atoms in total. The standard InChI is InChI=1S/C21H23NO5S/c1-15-10-16(2)12-17(11-15)21(24)27-13-20(23)22(18-6-4-3-5-7-18)19-8-9-28(25,26)14-19/h3-7,10-12,19H,8-9,13-14H2,1-2H3/t19-/m0/s1. The van der Waals surface area contributed by atoms with E-state index in [4.69, 9.17) is 4.74 Å². The Labute approximate surface area is 165 Å². The zero-order valence-corrected chi connectivity index (χ0v) is 16.7. The third-order valence-electron chi connectivity index (χ3n) is 4.66. The fourth-order valence-electron chi connectivity index (χ4n) is 3.50. The minimum absolute atomic E-state index is 0.0522. The van der Waals surface area contributed by atoms with Crippen LogP contribution in [0.3, 0.4) is 0 Å². The topological polar surface area (TPSA) is 80.8 Å². The lowest BCUT2D eigenvalue weighted by molar-refractivity contribution is -0.122. The number of benzene rings is 2. The quantitative estimate of drug-likeness (QED) is 0.720. The molecule has 0 radical (unpaired) electrons. The van der Waals surface area contributed by atoms with Gasteiger partial charge in [0.15, 0.2) is 16.4 Å². The van der Waals surface area contributed by atoms with Crippen LogP contribution in [0.1, 0.15) is 27.9 Å². The van der Waals surface area contributed by atoms with Crippen molar-refractivity contribution in [1.29, 1.82) is 0 Å². The van der Waals surface area contributed by atoms with Crippen molar-refractivity contribution < 1.29 is 22.7 Å². The summed E-state index contributed by atoms with van der Waals surface area (Å²) in [6.45, 7) is 3.32. The van der Waals surface area contributed by atoms with Crippen LogP contribution in [0.2, 0.25) is 0 Å². The van der Waals surface area contributed by atoms with Crippen molar-refractivity contribution in [2.75, 3.05) is 23.0 Å². The highest BCUT2D eigenvalue weighted by atomic mass is 32.2. The van der Waals surface area contributed by atoms with Crippen molar-refractivity contribution in [2.45, 2.75) is 26.3 Å². The maximum absolute atomic E-state index is 12.9. The Kier molecular flexibility index (Phi) is 5.84. The zero-order valence-electron chi connectivity index (χ0n) is 15.9. The molecule has 28 heavy (non-hydrogen) atoms. The van der Waals surface area contributed by atoms with E-state index < -0.39 is 34.4 Å². The number of hydrogen-bond acceptors (Lipinski definition) is 5. The van der Waals surface area contributed by atoms with Crippen molar-refractivity contribution in [3.8, 4) is 0 Å². The van der Waals surface area contributed by atoms with Crippen molar-refractivity contribution in [2.24, 2.45) is 0 Å². The minimum atomic E-state index is -3.17. The van der Waals surface area contributed by atoms with E-state index in [0.717, 1.165) is 11.1 Å². The van der Waals surface area contributed by atoms with Crippen LogP contribution in [0.25, 0.3) is 0 Å². The van der Waals surface area contributed by atoms with Gasteiger partial charge in [-0.1, -0.05) is 35.4 Å². The van der Waals surface area contributed by atoms with E-state index in [1.807, 2.05) is 26.0 Å². The number of ether oxygens (including phenoxy) is 1. The first-order valence-corrected chi connectivity index (χ1v) is 10.9. The van der Waals surface area contributed by atoms with Gasteiger partial charge in [0.1, 0.15) is 0 Å². The van der Waals surface area contributed by atoms with E-state index in [1.54, 1.807) is 36.4 Å². The number of para-hydroxylation sites is 1. The Morgan fingerprint density at radius 2 is 1.71 bits per heavy atom. The van der Waals surface area contributed by atoms with E-state index >= 15 is 0 Å². The van der Waals surface area contributed by atoms with E-state index in [-0.39, 0.29) is 11.5 Å². The molecule has 0 saturated carbocycles. The first-order valence-electron chi connectivity index (χ1n) is 9.08. The summed E-state index contributed by atoms with van der Waals surface area (Å²) in [5, 5.41) is 0. The van der Waals surface area contributed by atoms with Gasteiger partial charge in [-0.05, 0) is 44.5 Å². The first-order chi connectivity index (χ1) is 13.2. The highest BCUT2D eigenvalue weighted by Gasteiger charge is 2.35. The largest absolute Gasteiger partial charge is 0.452 e. The summed E-state index contributed by atoms with van der Waals surface area (Å²) in [6.07, 6.45) is 0.369. The van der Waals surface area contributed by atoms with Crippen molar-refractivity contribution in [3.63, 3.8) is 0 Å². The van der Waals surface area contributed by atoms with Gasteiger partial charge in [0.05, 0.1) is 23.1 Å². The number of amides is 1. The average Bonchev–Trinajstić information content (AvgIpc) is 2.99. The molecule has 1 atom stereocenters. The van der Waals surface area contributed by atoms with E-state index in [0.29, 0.717) is 17.7 Å². The van der Waals surface area contributed by atoms with Crippen LogP contribution in [0, 0.1) is 13.8 Å². The maximum Gasteiger partial charge on any atom is 0.338 e. The molecule has 0 bridgehead atoms. The first kappa shape index (κ1) is 20.1. The number of nitrogens with zero attached hydrogens (tertiary/aromatic N) is 1. The van der Waals surface area contributed by atoms with Gasteiger partial charge in [0, 0.05) is 5.69 Å². The molecule has 3 rings (SSSR count). The van der Waals surface area contributed by atoms with Crippen LogP contribution in [0.5, 0.6) is 0 Å². The third kappa shape index (κ3) is 4.78. The molecule has 1 heterocycles. The van der Waals surface area contributed by atoms with Gasteiger partial charge in [0.25, 0.3) is 5.91 Å². The Morgan fingerprint density at radius 3 is 2.29 bits per heavy atom. The molecule has 2 aromatic rings. The van der Waals surface area contributed by atoms with Gasteiger partial charge >= 0.3 is 5.97 Å². The van der Waals surface area contributed by atoms with Gasteiger partial charge in [-0.25, -0.2) is 13.2 Å². The van der Waals surface area contributed by atoms with Crippen LogP contribution in [-0.4, -0.2) is 44.4 Å². The molecule has 148 valence electrons. The Hall–Kier alpha value is -2.67.